The van der Waals surface area contributed by atoms with E-state index >= 15 is 0 Å². The van der Waals surface area contributed by atoms with Crippen LogP contribution in [0, 0.1) is 12.8 Å². The zero-order valence-corrected chi connectivity index (χ0v) is 8.83. The first-order chi connectivity index (χ1) is 6.63. The molecule has 0 aromatic carbocycles. The van der Waals surface area contributed by atoms with E-state index in [1.165, 1.54) is 0 Å². The van der Waals surface area contributed by atoms with E-state index in [1.54, 1.807) is 6.20 Å². The SMILES string of the molecule is Cc1cncc(C2(O)CCCC2C)c1. The Morgan fingerprint density at radius 2 is 2.29 bits per heavy atom. The van der Waals surface area contributed by atoms with E-state index < -0.39 is 5.60 Å². The van der Waals surface area contributed by atoms with Gasteiger partial charge in [-0.05, 0) is 37.7 Å². The van der Waals surface area contributed by atoms with Gasteiger partial charge in [0.1, 0.15) is 0 Å². The highest BCUT2D eigenvalue weighted by Gasteiger charge is 2.39. The largest absolute Gasteiger partial charge is 0.385 e. The molecule has 1 N–H and O–H groups in total. The number of aliphatic hydroxyl groups is 1. The molecular formula is C12H17NO. The highest BCUT2D eigenvalue weighted by molar-refractivity contribution is 5.24. The number of hydrogen-bond acceptors (Lipinski definition) is 2. The molecule has 0 spiro atoms. The van der Waals surface area contributed by atoms with Crippen molar-refractivity contribution in [1.82, 2.24) is 4.98 Å². The van der Waals surface area contributed by atoms with Crippen LogP contribution in [0.1, 0.15) is 37.3 Å². The molecule has 1 aromatic rings. The Kier molecular flexibility index (Phi) is 2.31. The fourth-order valence-electron chi connectivity index (χ4n) is 2.38. The van der Waals surface area contributed by atoms with E-state index in [-0.39, 0.29) is 0 Å². The van der Waals surface area contributed by atoms with Crippen LogP contribution in [0.15, 0.2) is 18.5 Å². The Bertz CT molecular complexity index is 337. The lowest BCUT2D eigenvalue weighted by Gasteiger charge is -2.28. The van der Waals surface area contributed by atoms with Crippen molar-refractivity contribution in [2.75, 3.05) is 0 Å². The lowest BCUT2D eigenvalue weighted by molar-refractivity contribution is 0.00412. The summed E-state index contributed by atoms with van der Waals surface area (Å²) in [6.07, 6.45) is 6.73. The average Bonchev–Trinajstić information content (AvgIpc) is 2.49. The fraction of sp³-hybridized carbons (Fsp3) is 0.583. The predicted octanol–water partition coefficient (Wildman–Crippen LogP) is 2.40. The number of pyridine rings is 1. The van der Waals surface area contributed by atoms with Gasteiger partial charge in [0, 0.05) is 18.0 Å². The molecular weight excluding hydrogens is 174 g/mol. The molecule has 2 rings (SSSR count). The van der Waals surface area contributed by atoms with Crippen LogP contribution in [0.4, 0.5) is 0 Å². The second kappa shape index (κ2) is 3.35. The van der Waals surface area contributed by atoms with Crippen molar-refractivity contribution in [2.24, 2.45) is 5.92 Å². The van der Waals surface area contributed by atoms with Gasteiger partial charge in [-0.25, -0.2) is 0 Å². The molecule has 2 unspecified atom stereocenters. The molecule has 14 heavy (non-hydrogen) atoms. The quantitative estimate of drug-likeness (QED) is 0.739. The standard InChI is InChI=1S/C12H17NO/c1-9-6-11(8-13-7-9)12(14)5-3-4-10(12)2/h6-8,10,14H,3-5H2,1-2H3. The number of hydrogen-bond donors (Lipinski definition) is 1. The van der Waals surface area contributed by atoms with Crippen molar-refractivity contribution < 1.29 is 5.11 Å². The molecule has 2 heteroatoms. The summed E-state index contributed by atoms with van der Waals surface area (Å²) in [6.45, 7) is 4.13. The van der Waals surface area contributed by atoms with Crippen LogP contribution in [0.5, 0.6) is 0 Å². The number of nitrogens with zero attached hydrogens (tertiary/aromatic N) is 1. The summed E-state index contributed by atoms with van der Waals surface area (Å²) < 4.78 is 0. The van der Waals surface area contributed by atoms with Crippen LogP contribution >= 0.6 is 0 Å². The van der Waals surface area contributed by atoms with Gasteiger partial charge in [0.2, 0.25) is 0 Å². The molecule has 0 saturated heterocycles. The monoisotopic (exact) mass is 191 g/mol. The maximum atomic E-state index is 10.5. The van der Waals surface area contributed by atoms with Crippen molar-refractivity contribution in [2.45, 2.75) is 38.7 Å². The van der Waals surface area contributed by atoms with Gasteiger partial charge in [-0.15, -0.1) is 0 Å². The van der Waals surface area contributed by atoms with Crippen LogP contribution in [-0.2, 0) is 5.60 Å². The van der Waals surface area contributed by atoms with Crippen LogP contribution in [-0.4, -0.2) is 10.1 Å². The second-order valence-electron chi connectivity index (χ2n) is 4.47. The molecule has 1 aliphatic rings. The summed E-state index contributed by atoms with van der Waals surface area (Å²) in [6, 6.07) is 2.05. The minimum Gasteiger partial charge on any atom is -0.385 e. The maximum absolute atomic E-state index is 10.5. The first kappa shape index (κ1) is 9.66. The van der Waals surface area contributed by atoms with E-state index in [2.05, 4.69) is 18.0 Å². The summed E-state index contributed by atoms with van der Waals surface area (Å²) in [4.78, 5) is 4.15. The van der Waals surface area contributed by atoms with Crippen molar-refractivity contribution >= 4 is 0 Å². The van der Waals surface area contributed by atoms with Gasteiger partial charge in [-0.2, -0.15) is 0 Å². The highest BCUT2D eigenvalue weighted by atomic mass is 16.3. The summed E-state index contributed by atoms with van der Waals surface area (Å²) in [7, 11) is 0. The van der Waals surface area contributed by atoms with Gasteiger partial charge in [0.25, 0.3) is 0 Å². The van der Waals surface area contributed by atoms with Crippen molar-refractivity contribution in [3.63, 3.8) is 0 Å². The predicted molar refractivity (Wildman–Crippen MR) is 55.9 cm³/mol. The minimum atomic E-state index is -0.626. The lowest BCUT2D eigenvalue weighted by Crippen LogP contribution is -2.28. The first-order valence-electron chi connectivity index (χ1n) is 5.27. The third-order valence-electron chi connectivity index (χ3n) is 3.39. The number of aromatic nitrogens is 1. The van der Waals surface area contributed by atoms with E-state index in [0.717, 1.165) is 30.4 Å². The molecule has 0 amide bonds. The molecule has 0 bridgehead atoms. The number of rotatable bonds is 1. The molecule has 1 aromatic heterocycles. The summed E-state index contributed by atoms with van der Waals surface area (Å²) >= 11 is 0. The van der Waals surface area contributed by atoms with Crippen molar-refractivity contribution in [1.29, 1.82) is 0 Å². The summed E-state index contributed by atoms with van der Waals surface area (Å²) in [5, 5.41) is 10.5. The van der Waals surface area contributed by atoms with E-state index in [4.69, 9.17) is 0 Å². The molecule has 2 nitrogen and oxygen atoms in total. The Morgan fingerprint density at radius 3 is 2.86 bits per heavy atom. The summed E-state index contributed by atoms with van der Waals surface area (Å²) in [5.41, 5.74) is 1.48. The Hall–Kier alpha value is -0.890. The third kappa shape index (κ3) is 1.44. The molecule has 76 valence electrons. The second-order valence-corrected chi connectivity index (χ2v) is 4.47. The minimum absolute atomic E-state index is 0.353. The summed E-state index contributed by atoms with van der Waals surface area (Å²) in [5.74, 6) is 0.353. The van der Waals surface area contributed by atoms with Gasteiger partial charge in [0.05, 0.1) is 5.60 Å². The first-order valence-corrected chi connectivity index (χ1v) is 5.27. The molecule has 1 fully saturated rings. The smallest absolute Gasteiger partial charge is 0.0936 e. The van der Waals surface area contributed by atoms with Gasteiger partial charge >= 0.3 is 0 Å². The average molecular weight is 191 g/mol. The highest BCUT2D eigenvalue weighted by Crippen LogP contribution is 2.42. The third-order valence-corrected chi connectivity index (χ3v) is 3.39. The molecule has 1 saturated carbocycles. The molecule has 2 atom stereocenters. The van der Waals surface area contributed by atoms with Crippen LogP contribution in [0.2, 0.25) is 0 Å². The fourth-order valence-corrected chi connectivity index (χ4v) is 2.38. The van der Waals surface area contributed by atoms with Crippen LogP contribution < -0.4 is 0 Å². The van der Waals surface area contributed by atoms with Crippen LogP contribution in [0.25, 0.3) is 0 Å². The van der Waals surface area contributed by atoms with Crippen molar-refractivity contribution in [3.05, 3.63) is 29.6 Å². The molecule has 0 radical (unpaired) electrons. The Labute approximate surface area is 85.0 Å². The molecule has 1 aliphatic carbocycles. The topological polar surface area (TPSA) is 33.1 Å². The molecule has 1 heterocycles. The Morgan fingerprint density at radius 1 is 1.50 bits per heavy atom. The number of aryl methyl sites for hydroxylation is 1. The zero-order chi connectivity index (χ0) is 10.2. The lowest BCUT2D eigenvalue weighted by atomic mass is 9.85. The van der Waals surface area contributed by atoms with Gasteiger partial charge < -0.3 is 5.11 Å². The molecule has 0 aliphatic heterocycles. The van der Waals surface area contributed by atoms with Gasteiger partial charge in [-0.1, -0.05) is 13.0 Å². The zero-order valence-electron chi connectivity index (χ0n) is 8.83. The van der Waals surface area contributed by atoms with Crippen molar-refractivity contribution in [3.8, 4) is 0 Å². The normalized spacial score (nSPS) is 32.1. The van der Waals surface area contributed by atoms with Crippen LogP contribution in [0.3, 0.4) is 0 Å². The van der Waals surface area contributed by atoms with Gasteiger partial charge in [0.15, 0.2) is 0 Å². The van der Waals surface area contributed by atoms with E-state index in [0.29, 0.717) is 5.92 Å². The van der Waals surface area contributed by atoms with E-state index in [1.807, 2.05) is 13.1 Å². The van der Waals surface area contributed by atoms with E-state index in [9.17, 15) is 5.11 Å². The van der Waals surface area contributed by atoms with Gasteiger partial charge in [-0.3, -0.25) is 4.98 Å². The Balaban J connectivity index is 2.38. The maximum Gasteiger partial charge on any atom is 0.0936 e.